The molecular formula is C22H30N4O3S. The number of nitrogens with zero attached hydrogens (tertiary/aromatic N) is 3. The zero-order chi connectivity index (χ0) is 21.1. The van der Waals surface area contributed by atoms with Crippen molar-refractivity contribution in [3.63, 3.8) is 0 Å². The number of hydrogen-bond acceptors (Lipinski definition) is 5. The van der Waals surface area contributed by atoms with Gasteiger partial charge in [-0.05, 0) is 38.0 Å². The summed E-state index contributed by atoms with van der Waals surface area (Å²) >= 11 is 1.45. The molecule has 1 saturated carbocycles. The molecule has 30 heavy (non-hydrogen) atoms. The highest BCUT2D eigenvalue weighted by Gasteiger charge is 2.34. The largest absolute Gasteiger partial charge is 0.343 e. The van der Waals surface area contributed by atoms with Gasteiger partial charge >= 0.3 is 0 Å². The number of aromatic nitrogens is 1. The number of likely N-dealkylation sites (N-methyl/N-ethyl adjacent to an activating group) is 1. The van der Waals surface area contributed by atoms with Gasteiger partial charge in [0.25, 0.3) is 0 Å². The van der Waals surface area contributed by atoms with Crippen LogP contribution >= 0.6 is 11.3 Å². The third kappa shape index (κ3) is 5.09. The first-order valence-corrected chi connectivity index (χ1v) is 11.8. The number of anilines is 1. The predicted octanol–water partition coefficient (Wildman–Crippen LogP) is 3.01. The van der Waals surface area contributed by atoms with Crippen LogP contribution < -0.4 is 5.32 Å². The molecule has 1 aromatic heterocycles. The van der Waals surface area contributed by atoms with Gasteiger partial charge in [-0.3, -0.25) is 14.4 Å². The summed E-state index contributed by atoms with van der Waals surface area (Å²) in [5.41, 5.74) is 1.07. The fourth-order valence-electron chi connectivity index (χ4n) is 4.37. The maximum Gasteiger partial charge on any atom is 0.226 e. The van der Waals surface area contributed by atoms with Crippen molar-refractivity contribution >= 4 is 34.2 Å². The van der Waals surface area contributed by atoms with E-state index in [2.05, 4.69) is 22.5 Å². The second-order valence-electron chi connectivity index (χ2n) is 8.65. The van der Waals surface area contributed by atoms with Gasteiger partial charge in [0.05, 0.1) is 5.69 Å². The number of likely N-dealkylation sites (tertiary alicyclic amines) is 1. The van der Waals surface area contributed by atoms with Crippen LogP contribution in [0.1, 0.15) is 56.6 Å². The molecule has 0 radical (unpaired) electrons. The van der Waals surface area contributed by atoms with Gasteiger partial charge in [0, 0.05) is 56.7 Å². The van der Waals surface area contributed by atoms with Crippen molar-refractivity contribution in [2.45, 2.75) is 50.9 Å². The summed E-state index contributed by atoms with van der Waals surface area (Å²) in [4.78, 5) is 45.4. The fourth-order valence-corrected chi connectivity index (χ4v) is 5.17. The summed E-state index contributed by atoms with van der Waals surface area (Å²) in [6.45, 7) is 2.01. The van der Waals surface area contributed by atoms with Crippen LogP contribution in [0.3, 0.4) is 0 Å². The molecule has 0 spiro atoms. The van der Waals surface area contributed by atoms with Crippen LogP contribution in [-0.2, 0) is 14.4 Å². The Labute approximate surface area is 181 Å². The molecule has 1 aliphatic carbocycles. The van der Waals surface area contributed by atoms with Gasteiger partial charge < -0.3 is 15.1 Å². The number of hydrogen-bond donors (Lipinski definition) is 1. The van der Waals surface area contributed by atoms with E-state index in [-0.39, 0.29) is 36.5 Å². The zero-order valence-corrected chi connectivity index (χ0v) is 18.3. The highest BCUT2D eigenvalue weighted by molar-refractivity contribution is 7.13. The van der Waals surface area contributed by atoms with Crippen LogP contribution in [0.2, 0.25) is 0 Å². The van der Waals surface area contributed by atoms with E-state index in [9.17, 15) is 14.4 Å². The van der Waals surface area contributed by atoms with Crippen LogP contribution in [0.5, 0.6) is 0 Å². The molecule has 1 saturated heterocycles. The Balaban J connectivity index is 1.19. The molecule has 2 fully saturated rings. The fraction of sp³-hybridized carbons (Fsp3) is 0.636. The summed E-state index contributed by atoms with van der Waals surface area (Å²) in [6.07, 6.45) is 9.41. The number of carbonyl (C=O) groups excluding carboxylic acids is 3. The van der Waals surface area contributed by atoms with Gasteiger partial charge in [0.15, 0.2) is 5.13 Å². The molecule has 1 atom stereocenters. The molecule has 3 amide bonds. The smallest absolute Gasteiger partial charge is 0.226 e. The molecule has 0 unspecified atom stereocenters. The average Bonchev–Trinajstić information content (AvgIpc) is 3.53. The number of rotatable bonds is 6. The molecule has 3 aliphatic rings. The molecule has 4 rings (SSSR count). The molecule has 162 valence electrons. The van der Waals surface area contributed by atoms with Gasteiger partial charge in [-0.25, -0.2) is 4.98 Å². The van der Waals surface area contributed by atoms with Crippen LogP contribution in [0, 0.1) is 11.8 Å². The molecule has 2 aliphatic heterocycles. The zero-order valence-electron chi connectivity index (χ0n) is 17.5. The first-order chi connectivity index (χ1) is 14.5. The maximum absolute atomic E-state index is 12.6. The number of piperidine rings is 1. The van der Waals surface area contributed by atoms with Crippen molar-refractivity contribution in [1.29, 1.82) is 0 Å². The first kappa shape index (κ1) is 21.0. The highest BCUT2D eigenvalue weighted by Crippen LogP contribution is 2.40. The lowest BCUT2D eigenvalue weighted by Crippen LogP contribution is -2.43. The van der Waals surface area contributed by atoms with E-state index in [0.29, 0.717) is 36.6 Å². The minimum atomic E-state index is -0.159. The van der Waals surface area contributed by atoms with Crippen molar-refractivity contribution in [3.05, 3.63) is 23.2 Å². The van der Waals surface area contributed by atoms with E-state index < -0.39 is 0 Å². The summed E-state index contributed by atoms with van der Waals surface area (Å²) in [5.74, 6) is 0.991. The van der Waals surface area contributed by atoms with Crippen molar-refractivity contribution in [2.24, 2.45) is 11.8 Å². The summed E-state index contributed by atoms with van der Waals surface area (Å²) in [6, 6.07) is 0. The van der Waals surface area contributed by atoms with Crippen LogP contribution in [-0.4, -0.2) is 59.2 Å². The van der Waals surface area contributed by atoms with Gasteiger partial charge in [0.2, 0.25) is 17.7 Å². The van der Waals surface area contributed by atoms with Crippen molar-refractivity contribution in [2.75, 3.05) is 32.0 Å². The average molecular weight is 431 g/mol. The van der Waals surface area contributed by atoms with E-state index in [1.165, 1.54) is 24.2 Å². The SMILES string of the molecule is CN1CC=CC[C@@H](C2CCN(C(=O)CCC(=O)Nc3nc(C4CC4)cs3)CC2)C1=O. The Morgan fingerprint density at radius 2 is 1.93 bits per heavy atom. The van der Waals surface area contributed by atoms with Crippen LogP contribution in [0.4, 0.5) is 5.13 Å². The summed E-state index contributed by atoms with van der Waals surface area (Å²) in [7, 11) is 1.85. The first-order valence-electron chi connectivity index (χ1n) is 10.9. The van der Waals surface area contributed by atoms with Crippen molar-refractivity contribution < 1.29 is 14.4 Å². The van der Waals surface area contributed by atoms with E-state index in [0.717, 1.165) is 25.0 Å². The topological polar surface area (TPSA) is 82.6 Å². The van der Waals surface area contributed by atoms with Crippen LogP contribution in [0.15, 0.2) is 17.5 Å². The summed E-state index contributed by atoms with van der Waals surface area (Å²) in [5, 5.41) is 5.45. The second-order valence-corrected chi connectivity index (χ2v) is 9.51. The normalized spacial score (nSPS) is 22.8. The number of thiazole rings is 1. The van der Waals surface area contributed by atoms with Crippen molar-refractivity contribution in [3.8, 4) is 0 Å². The number of nitrogens with one attached hydrogen (secondary N) is 1. The van der Waals surface area contributed by atoms with Gasteiger partial charge in [-0.1, -0.05) is 12.2 Å². The van der Waals surface area contributed by atoms with E-state index in [1.807, 2.05) is 17.3 Å². The Morgan fingerprint density at radius 3 is 2.67 bits per heavy atom. The van der Waals surface area contributed by atoms with Gasteiger partial charge in [-0.15, -0.1) is 11.3 Å². The lowest BCUT2D eigenvalue weighted by atomic mass is 9.81. The molecule has 1 aromatic rings. The minimum Gasteiger partial charge on any atom is -0.343 e. The highest BCUT2D eigenvalue weighted by atomic mass is 32.1. The Morgan fingerprint density at radius 1 is 1.17 bits per heavy atom. The molecule has 1 N–H and O–H groups in total. The van der Waals surface area contributed by atoms with Gasteiger partial charge in [0.1, 0.15) is 0 Å². The second kappa shape index (κ2) is 9.29. The third-order valence-corrected chi connectivity index (χ3v) is 7.20. The third-order valence-electron chi connectivity index (χ3n) is 6.42. The molecule has 3 heterocycles. The quantitative estimate of drug-likeness (QED) is 0.704. The van der Waals surface area contributed by atoms with E-state index in [1.54, 1.807) is 4.90 Å². The molecule has 7 nitrogen and oxygen atoms in total. The minimum absolute atomic E-state index is 0.0191. The molecule has 8 heteroatoms. The number of amides is 3. The van der Waals surface area contributed by atoms with Crippen LogP contribution in [0.25, 0.3) is 0 Å². The molecule has 0 aromatic carbocycles. The molecule has 0 bridgehead atoms. The number of allylic oxidation sites excluding steroid dienone is 1. The van der Waals surface area contributed by atoms with Gasteiger partial charge in [-0.2, -0.15) is 0 Å². The standard InChI is InChI=1S/C22H30N4O3S/c1-25-11-3-2-4-17(21(25)29)15-9-12-26(13-10-15)20(28)8-7-19(27)24-22-23-18(14-30-22)16-5-6-16/h2-3,14-17H,4-13H2,1H3,(H,23,24,27)/t17-/m0/s1. The molecular weight excluding hydrogens is 400 g/mol. The Hall–Kier alpha value is -2.22. The maximum atomic E-state index is 12.6. The summed E-state index contributed by atoms with van der Waals surface area (Å²) < 4.78 is 0. The number of carbonyl (C=O) groups is 3. The lowest BCUT2D eigenvalue weighted by Gasteiger charge is -2.36. The Kier molecular flexibility index (Phi) is 6.51. The van der Waals surface area contributed by atoms with E-state index in [4.69, 9.17) is 0 Å². The lowest BCUT2D eigenvalue weighted by molar-refractivity contribution is -0.137. The van der Waals surface area contributed by atoms with E-state index >= 15 is 0 Å². The Bertz CT molecular complexity index is 824. The van der Waals surface area contributed by atoms with Crippen molar-refractivity contribution in [1.82, 2.24) is 14.8 Å². The predicted molar refractivity (Wildman–Crippen MR) is 116 cm³/mol. The monoisotopic (exact) mass is 430 g/mol.